The Morgan fingerprint density at radius 1 is 1.12 bits per heavy atom. The highest BCUT2D eigenvalue weighted by Gasteiger charge is 2.08. The van der Waals surface area contributed by atoms with Crippen LogP contribution in [-0.2, 0) is 16.1 Å². The van der Waals surface area contributed by atoms with Crippen LogP contribution < -0.4 is 9.47 Å². The molecule has 0 aliphatic rings. The minimum atomic E-state index is -0.390. The number of methoxy groups -OCH3 is 1. The van der Waals surface area contributed by atoms with E-state index < -0.39 is 0 Å². The van der Waals surface area contributed by atoms with Gasteiger partial charge in [-0.05, 0) is 42.8 Å². The molecule has 0 unspecified atom stereocenters. The molecule has 0 radical (unpaired) electrons. The van der Waals surface area contributed by atoms with E-state index in [0.717, 1.165) is 11.1 Å². The van der Waals surface area contributed by atoms with Crippen LogP contribution in [0.25, 0.3) is 6.08 Å². The van der Waals surface area contributed by atoms with Gasteiger partial charge in [-0.25, -0.2) is 4.79 Å². The fourth-order valence-corrected chi connectivity index (χ4v) is 2.52. The highest BCUT2D eigenvalue weighted by atomic mass is 35.5. The van der Waals surface area contributed by atoms with Crippen molar-refractivity contribution in [1.29, 1.82) is 0 Å². The average Bonchev–Trinajstić information content (AvgIpc) is 2.60. The van der Waals surface area contributed by atoms with Gasteiger partial charge in [0.2, 0.25) is 0 Å². The first-order valence-corrected chi connectivity index (χ1v) is 8.38. The fraction of sp³-hybridized carbons (Fsp3) is 0.211. The zero-order valence-corrected chi connectivity index (χ0v) is 15.4. The molecule has 0 heterocycles. The van der Waals surface area contributed by atoms with Crippen LogP contribution in [0.5, 0.6) is 11.5 Å². The maximum Gasteiger partial charge on any atom is 0.330 e. The number of ether oxygens (including phenoxy) is 3. The Morgan fingerprint density at radius 2 is 1.92 bits per heavy atom. The lowest BCUT2D eigenvalue weighted by atomic mass is 10.2. The summed E-state index contributed by atoms with van der Waals surface area (Å²) in [5.74, 6) is 0.733. The SMILES string of the molecule is CCOC(=O)/C=C/c1ccc(OCc2ccc(Cl)cc2Cl)c(OC)c1. The van der Waals surface area contributed by atoms with E-state index in [2.05, 4.69) is 0 Å². The number of hydrogen-bond acceptors (Lipinski definition) is 4. The van der Waals surface area contributed by atoms with Gasteiger partial charge >= 0.3 is 5.97 Å². The number of benzene rings is 2. The van der Waals surface area contributed by atoms with Crippen molar-refractivity contribution in [2.24, 2.45) is 0 Å². The Hall–Kier alpha value is -2.17. The number of hydrogen-bond donors (Lipinski definition) is 0. The molecule has 4 nitrogen and oxygen atoms in total. The number of halogens is 2. The number of rotatable bonds is 7. The van der Waals surface area contributed by atoms with E-state index >= 15 is 0 Å². The largest absolute Gasteiger partial charge is 0.493 e. The molecule has 0 saturated heterocycles. The predicted octanol–water partition coefficient (Wildman–Crippen LogP) is 5.16. The first kappa shape index (κ1) is 19.2. The fourth-order valence-electron chi connectivity index (χ4n) is 2.06. The van der Waals surface area contributed by atoms with E-state index in [4.69, 9.17) is 37.4 Å². The van der Waals surface area contributed by atoms with E-state index in [9.17, 15) is 4.79 Å². The quantitative estimate of drug-likeness (QED) is 0.491. The number of carbonyl (C=O) groups excluding carboxylic acids is 1. The minimum Gasteiger partial charge on any atom is -0.493 e. The van der Waals surface area contributed by atoms with Crippen LogP contribution in [0.2, 0.25) is 10.0 Å². The van der Waals surface area contributed by atoms with Crippen molar-refractivity contribution in [3.63, 3.8) is 0 Å². The molecule has 0 aliphatic carbocycles. The molecule has 2 aromatic rings. The third-order valence-corrected chi connectivity index (χ3v) is 3.87. The van der Waals surface area contributed by atoms with Gasteiger partial charge in [-0.3, -0.25) is 0 Å². The van der Waals surface area contributed by atoms with Gasteiger partial charge < -0.3 is 14.2 Å². The number of carbonyl (C=O) groups is 1. The third-order valence-electron chi connectivity index (χ3n) is 3.28. The minimum absolute atomic E-state index is 0.282. The van der Waals surface area contributed by atoms with Crippen LogP contribution >= 0.6 is 23.2 Å². The summed E-state index contributed by atoms with van der Waals surface area (Å²) in [5.41, 5.74) is 1.61. The molecule has 2 aromatic carbocycles. The van der Waals surface area contributed by atoms with Gasteiger partial charge in [0.25, 0.3) is 0 Å². The van der Waals surface area contributed by atoms with Gasteiger partial charge in [-0.15, -0.1) is 0 Å². The van der Waals surface area contributed by atoms with Crippen molar-refractivity contribution in [3.8, 4) is 11.5 Å². The lowest BCUT2D eigenvalue weighted by Gasteiger charge is -2.12. The van der Waals surface area contributed by atoms with Crippen LogP contribution in [0.15, 0.2) is 42.5 Å². The molecule has 0 atom stereocenters. The van der Waals surface area contributed by atoms with Crippen LogP contribution in [-0.4, -0.2) is 19.7 Å². The highest BCUT2D eigenvalue weighted by Crippen LogP contribution is 2.30. The second kappa shape index (κ2) is 9.35. The van der Waals surface area contributed by atoms with Crippen molar-refractivity contribution in [1.82, 2.24) is 0 Å². The van der Waals surface area contributed by atoms with Crippen molar-refractivity contribution in [2.75, 3.05) is 13.7 Å². The summed E-state index contributed by atoms with van der Waals surface area (Å²) in [5, 5.41) is 1.12. The van der Waals surface area contributed by atoms with Crippen molar-refractivity contribution < 1.29 is 19.0 Å². The molecule has 0 aromatic heterocycles. The van der Waals surface area contributed by atoms with Gasteiger partial charge in [0, 0.05) is 21.7 Å². The zero-order valence-electron chi connectivity index (χ0n) is 13.9. The van der Waals surface area contributed by atoms with Gasteiger partial charge in [-0.1, -0.05) is 35.3 Å². The lowest BCUT2D eigenvalue weighted by molar-refractivity contribution is -0.137. The number of esters is 1. The lowest BCUT2D eigenvalue weighted by Crippen LogP contribution is -1.99. The summed E-state index contributed by atoms with van der Waals surface area (Å²) in [6, 6.07) is 10.6. The molecule has 0 aliphatic heterocycles. The predicted molar refractivity (Wildman–Crippen MR) is 99.5 cm³/mol. The van der Waals surface area contributed by atoms with Crippen molar-refractivity contribution in [3.05, 3.63) is 63.6 Å². The van der Waals surface area contributed by atoms with Crippen molar-refractivity contribution >= 4 is 35.2 Å². The van der Waals surface area contributed by atoms with Crippen LogP contribution in [0, 0.1) is 0 Å². The molecular weight excluding hydrogens is 363 g/mol. The van der Waals surface area contributed by atoms with Gasteiger partial charge in [0.05, 0.1) is 13.7 Å². The van der Waals surface area contributed by atoms with Crippen LogP contribution in [0.3, 0.4) is 0 Å². The summed E-state index contributed by atoms with van der Waals surface area (Å²) in [6.07, 6.45) is 3.02. The van der Waals surface area contributed by atoms with Crippen LogP contribution in [0.1, 0.15) is 18.1 Å². The highest BCUT2D eigenvalue weighted by molar-refractivity contribution is 6.35. The maximum absolute atomic E-state index is 11.4. The maximum atomic E-state index is 11.4. The van der Waals surface area contributed by atoms with Gasteiger partial charge in [-0.2, -0.15) is 0 Å². The van der Waals surface area contributed by atoms with Gasteiger partial charge in [0.1, 0.15) is 6.61 Å². The van der Waals surface area contributed by atoms with E-state index in [1.165, 1.54) is 6.08 Å². The molecular formula is C19H18Cl2O4. The van der Waals surface area contributed by atoms with E-state index in [-0.39, 0.29) is 12.6 Å². The molecule has 25 heavy (non-hydrogen) atoms. The summed E-state index contributed by atoms with van der Waals surface area (Å²) in [7, 11) is 1.55. The normalized spacial score (nSPS) is 10.7. The second-order valence-corrected chi connectivity index (χ2v) is 5.86. The van der Waals surface area contributed by atoms with E-state index in [1.54, 1.807) is 44.4 Å². The Morgan fingerprint density at radius 3 is 2.60 bits per heavy atom. The van der Waals surface area contributed by atoms with Crippen LogP contribution in [0.4, 0.5) is 0 Å². The molecule has 0 spiro atoms. The standard InChI is InChI=1S/C19H18Cl2O4/c1-3-24-19(22)9-5-13-4-8-17(18(10-13)23-2)25-12-14-6-7-15(20)11-16(14)21/h4-11H,3,12H2,1-2H3/b9-5+. The Bertz CT molecular complexity index is 772. The molecule has 0 fully saturated rings. The smallest absolute Gasteiger partial charge is 0.330 e. The molecule has 2 rings (SSSR count). The Labute approximate surface area is 156 Å². The van der Waals surface area contributed by atoms with Gasteiger partial charge in [0.15, 0.2) is 11.5 Å². The Kier molecular flexibility index (Phi) is 7.16. The second-order valence-electron chi connectivity index (χ2n) is 5.02. The monoisotopic (exact) mass is 380 g/mol. The molecule has 0 amide bonds. The molecule has 0 bridgehead atoms. The first-order valence-electron chi connectivity index (χ1n) is 7.63. The average molecular weight is 381 g/mol. The summed E-state index contributed by atoms with van der Waals surface area (Å²) >= 11 is 12.0. The van der Waals surface area contributed by atoms with Crippen molar-refractivity contribution in [2.45, 2.75) is 13.5 Å². The molecule has 6 heteroatoms. The summed E-state index contributed by atoms with van der Waals surface area (Å²) in [4.78, 5) is 11.4. The Balaban J connectivity index is 2.09. The third kappa shape index (κ3) is 5.69. The summed E-state index contributed by atoms with van der Waals surface area (Å²) < 4.78 is 16.0. The topological polar surface area (TPSA) is 44.8 Å². The molecule has 132 valence electrons. The first-order chi connectivity index (χ1) is 12.0. The summed E-state index contributed by atoms with van der Waals surface area (Å²) in [6.45, 7) is 2.38. The van der Waals surface area contributed by atoms with E-state index in [1.807, 2.05) is 12.1 Å². The molecule has 0 N–H and O–H groups in total. The van der Waals surface area contributed by atoms with E-state index in [0.29, 0.717) is 28.2 Å². The zero-order chi connectivity index (χ0) is 18.2. The molecule has 0 saturated carbocycles.